The summed E-state index contributed by atoms with van der Waals surface area (Å²) in [5.74, 6) is 1.07. The molecule has 3 aromatic rings. The van der Waals surface area contributed by atoms with E-state index in [1.807, 2.05) is 24.3 Å². The van der Waals surface area contributed by atoms with E-state index in [9.17, 15) is 4.79 Å². The van der Waals surface area contributed by atoms with Crippen LogP contribution >= 0.6 is 11.6 Å². The molecule has 0 fully saturated rings. The third-order valence-corrected chi connectivity index (χ3v) is 4.54. The average Bonchev–Trinajstić information content (AvgIpc) is 3.16. The first-order valence-electron chi connectivity index (χ1n) is 8.88. The molecule has 8 heteroatoms. The second-order valence-corrected chi connectivity index (χ2v) is 6.71. The summed E-state index contributed by atoms with van der Waals surface area (Å²) >= 11 is 5.88. The number of halogens is 1. The number of methoxy groups -OCH3 is 3. The van der Waals surface area contributed by atoms with Gasteiger partial charge in [0.05, 0.1) is 39.1 Å². The Hall–Kier alpha value is -3.19. The van der Waals surface area contributed by atoms with E-state index in [-0.39, 0.29) is 5.91 Å². The number of amides is 1. The van der Waals surface area contributed by atoms with Crippen LogP contribution in [0.4, 0.5) is 0 Å². The van der Waals surface area contributed by atoms with Crippen molar-refractivity contribution in [1.82, 2.24) is 15.1 Å². The van der Waals surface area contributed by atoms with Crippen LogP contribution in [0.5, 0.6) is 17.2 Å². The van der Waals surface area contributed by atoms with Crippen LogP contribution in [0.3, 0.4) is 0 Å². The lowest BCUT2D eigenvalue weighted by molar-refractivity contribution is 0.0950. The highest BCUT2D eigenvalue weighted by Gasteiger charge is 2.16. The molecule has 1 N–H and O–H groups in total. The van der Waals surface area contributed by atoms with Crippen molar-refractivity contribution in [2.24, 2.45) is 0 Å². The molecule has 0 aliphatic carbocycles. The zero-order valence-corrected chi connectivity index (χ0v) is 17.2. The number of carbonyl (C=O) groups excluding carboxylic acids is 1. The van der Waals surface area contributed by atoms with E-state index in [4.69, 9.17) is 25.8 Å². The molecule has 29 heavy (non-hydrogen) atoms. The molecule has 1 aromatic heterocycles. The largest absolute Gasteiger partial charge is 0.493 e. The quantitative estimate of drug-likeness (QED) is 0.609. The van der Waals surface area contributed by atoms with Gasteiger partial charge in [-0.2, -0.15) is 5.10 Å². The number of rotatable bonds is 8. The van der Waals surface area contributed by atoms with Gasteiger partial charge in [0.1, 0.15) is 0 Å². The molecule has 1 heterocycles. The highest BCUT2D eigenvalue weighted by molar-refractivity contribution is 6.30. The molecule has 0 atom stereocenters. The van der Waals surface area contributed by atoms with Gasteiger partial charge in [-0.15, -0.1) is 0 Å². The lowest BCUT2D eigenvalue weighted by Crippen LogP contribution is -2.23. The second-order valence-electron chi connectivity index (χ2n) is 6.27. The van der Waals surface area contributed by atoms with E-state index in [0.29, 0.717) is 40.9 Å². The number of aromatic nitrogens is 2. The minimum Gasteiger partial charge on any atom is -0.493 e. The van der Waals surface area contributed by atoms with E-state index >= 15 is 0 Å². The number of hydrogen-bond donors (Lipinski definition) is 1. The summed E-state index contributed by atoms with van der Waals surface area (Å²) < 4.78 is 17.6. The van der Waals surface area contributed by atoms with Crippen LogP contribution in [0.2, 0.25) is 5.02 Å². The van der Waals surface area contributed by atoms with Crippen LogP contribution < -0.4 is 19.5 Å². The van der Waals surface area contributed by atoms with Gasteiger partial charge in [0.15, 0.2) is 11.5 Å². The standard InChI is InChI=1S/C21H22ClN3O4/c1-27-18-8-16(9-19(28-2)20(18)29-3)21(26)23-10-14-4-6-15(7-5-14)12-25-13-17(22)11-24-25/h4-9,11,13H,10,12H2,1-3H3,(H,23,26). The number of benzene rings is 2. The Morgan fingerprint density at radius 3 is 2.17 bits per heavy atom. The molecule has 0 aliphatic rings. The maximum Gasteiger partial charge on any atom is 0.251 e. The van der Waals surface area contributed by atoms with Crippen molar-refractivity contribution in [2.75, 3.05) is 21.3 Å². The zero-order valence-electron chi connectivity index (χ0n) is 16.4. The van der Waals surface area contributed by atoms with Crippen molar-refractivity contribution in [3.05, 3.63) is 70.5 Å². The highest BCUT2D eigenvalue weighted by atomic mass is 35.5. The van der Waals surface area contributed by atoms with Gasteiger partial charge in [-0.25, -0.2) is 0 Å². The van der Waals surface area contributed by atoms with E-state index in [0.717, 1.165) is 11.1 Å². The third kappa shape index (κ3) is 5.00. The van der Waals surface area contributed by atoms with Gasteiger partial charge in [-0.1, -0.05) is 35.9 Å². The van der Waals surface area contributed by atoms with E-state index < -0.39 is 0 Å². The van der Waals surface area contributed by atoms with Crippen molar-refractivity contribution in [2.45, 2.75) is 13.1 Å². The van der Waals surface area contributed by atoms with Crippen LogP contribution in [0.15, 0.2) is 48.8 Å². The number of nitrogens with zero attached hydrogens (tertiary/aromatic N) is 2. The summed E-state index contributed by atoms with van der Waals surface area (Å²) in [5, 5.41) is 7.67. The fourth-order valence-electron chi connectivity index (χ4n) is 2.87. The summed E-state index contributed by atoms with van der Waals surface area (Å²) in [6, 6.07) is 11.2. The van der Waals surface area contributed by atoms with E-state index in [2.05, 4.69) is 10.4 Å². The Balaban J connectivity index is 1.64. The smallest absolute Gasteiger partial charge is 0.251 e. The first kappa shape index (κ1) is 20.5. The number of nitrogens with one attached hydrogen (secondary N) is 1. The highest BCUT2D eigenvalue weighted by Crippen LogP contribution is 2.38. The minimum atomic E-state index is -0.237. The lowest BCUT2D eigenvalue weighted by Gasteiger charge is -2.14. The zero-order chi connectivity index (χ0) is 20.8. The van der Waals surface area contributed by atoms with Crippen molar-refractivity contribution < 1.29 is 19.0 Å². The summed E-state index contributed by atoms with van der Waals surface area (Å²) in [5.41, 5.74) is 2.49. The van der Waals surface area contributed by atoms with Crippen molar-refractivity contribution >= 4 is 17.5 Å². The van der Waals surface area contributed by atoms with Crippen molar-refractivity contribution in [3.63, 3.8) is 0 Å². The molecular weight excluding hydrogens is 394 g/mol. The summed E-state index contributed by atoms with van der Waals surface area (Å²) in [6.07, 6.45) is 3.38. The van der Waals surface area contributed by atoms with E-state index in [1.54, 1.807) is 29.2 Å². The molecule has 3 rings (SSSR count). The first-order valence-corrected chi connectivity index (χ1v) is 9.25. The summed E-state index contributed by atoms with van der Waals surface area (Å²) in [7, 11) is 4.54. The predicted molar refractivity (Wildman–Crippen MR) is 110 cm³/mol. The van der Waals surface area contributed by atoms with Gasteiger partial charge in [-0.3, -0.25) is 9.48 Å². The van der Waals surface area contributed by atoms with Crippen molar-refractivity contribution in [3.8, 4) is 17.2 Å². The Morgan fingerprint density at radius 2 is 1.66 bits per heavy atom. The monoisotopic (exact) mass is 415 g/mol. The Morgan fingerprint density at radius 1 is 1.03 bits per heavy atom. The average molecular weight is 416 g/mol. The molecule has 0 saturated heterocycles. The normalized spacial score (nSPS) is 10.5. The Kier molecular flexibility index (Phi) is 6.61. The van der Waals surface area contributed by atoms with Gasteiger partial charge in [-0.05, 0) is 23.3 Å². The fraction of sp³-hybridized carbons (Fsp3) is 0.238. The second kappa shape index (κ2) is 9.34. The molecular formula is C21H22ClN3O4. The van der Waals surface area contributed by atoms with Gasteiger partial charge >= 0.3 is 0 Å². The summed E-state index contributed by atoms with van der Waals surface area (Å²) in [6.45, 7) is 1.02. The van der Waals surface area contributed by atoms with Crippen LogP contribution in [0, 0.1) is 0 Å². The lowest BCUT2D eigenvalue weighted by atomic mass is 10.1. The van der Waals surface area contributed by atoms with Gasteiger partial charge in [0.25, 0.3) is 5.91 Å². The molecule has 0 unspecified atom stereocenters. The Bertz CT molecular complexity index is 961. The van der Waals surface area contributed by atoms with Gasteiger partial charge < -0.3 is 19.5 Å². The van der Waals surface area contributed by atoms with Gasteiger partial charge in [0, 0.05) is 18.3 Å². The molecule has 2 aromatic carbocycles. The van der Waals surface area contributed by atoms with Crippen LogP contribution in [-0.4, -0.2) is 37.0 Å². The van der Waals surface area contributed by atoms with Crippen LogP contribution in [-0.2, 0) is 13.1 Å². The Labute approximate surface area is 174 Å². The maximum absolute atomic E-state index is 12.6. The molecule has 0 radical (unpaired) electrons. The topological polar surface area (TPSA) is 74.6 Å². The first-order chi connectivity index (χ1) is 14.0. The minimum absolute atomic E-state index is 0.237. The number of carbonyl (C=O) groups is 1. The van der Waals surface area contributed by atoms with E-state index in [1.165, 1.54) is 21.3 Å². The van der Waals surface area contributed by atoms with Crippen molar-refractivity contribution in [1.29, 1.82) is 0 Å². The number of ether oxygens (including phenoxy) is 3. The van der Waals surface area contributed by atoms with Crippen LogP contribution in [0.25, 0.3) is 0 Å². The molecule has 0 aliphatic heterocycles. The molecule has 1 amide bonds. The number of hydrogen-bond acceptors (Lipinski definition) is 5. The van der Waals surface area contributed by atoms with Crippen LogP contribution in [0.1, 0.15) is 21.5 Å². The predicted octanol–water partition coefficient (Wildman–Crippen LogP) is 3.54. The summed E-state index contributed by atoms with van der Waals surface area (Å²) in [4.78, 5) is 12.6. The molecule has 0 saturated carbocycles. The molecule has 7 nitrogen and oxygen atoms in total. The maximum atomic E-state index is 12.6. The molecule has 0 bridgehead atoms. The fourth-order valence-corrected chi connectivity index (χ4v) is 3.03. The molecule has 152 valence electrons. The molecule has 0 spiro atoms. The van der Waals surface area contributed by atoms with Gasteiger partial charge in [0.2, 0.25) is 5.75 Å². The SMILES string of the molecule is COc1cc(C(=O)NCc2ccc(Cn3cc(Cl)cn3)cc2)cc(OC)c1OC. The third-order valence-electron chi connectivity index (χ3n) is 4.35.